The van der Waals surface area contributed by atoms with Gasteiger partial charge >= 0.3 is 0 Å². The van der Waals surface area contributed by atoms with Gasteiger partial charge in [0.05, 0.1) is 33.0 Å². The monoisotopic (exact) mass is 454 g/mol. The standard InChI is InChI=1S/C25H30N2O6/c1-7-12-27-24(28)21(16-8-10-18(11-9-16)33-15(2)3)22(25(27)29)26-17-13-19(30-4)23(32-6)20(14-17)31-5/h8-11,13-15,26H,7,12H2,1-6H3. The number of anilines is 1. The Morgan fingerprint density at radius 1 is 0.909 bits per heavy atom. The van der Waals surface area contributed by atoms with Gasteiger partial charge in [-0.3, -0.25) is 14.5 Å². The third-order valence-corrected chi connectivity index (χ3v) is 5.06. The average Bonchev–Trinajstić information content (AvgIpc) is 3.03. The van der Waals surface area contributed by atoms with E-state index in [9.17, 15) is 9.59 Å². The first-order valence-corrected chi connectivity index (χ1v) is 10.8. The Morgan fingerprint density at radius 2 is 1.52 bits per heavy atom. The smallest absolute Gasteiger partial charge is 0.278 e. The van der Waals surface area contributed by atoms with Gasteiger partial charge in [0.15, 0.2) is 11.5 Å². The van der Waals surface area contributed by atoms with Crippen LogP contribution in [0.3, 0.4) is 0 Å². The second-order valence-corrected chi connectivity index (χ2v) is 7.74. The van der Waals surface area contributed by atoms with Crippen LogP contribution in [0.2, 0.25) is 0 Å². The van der Waals surface area contributed by atoms with Crippen LogP contribution < -0.4 is 24.3 Å². The molecule has 0 fully saturated rings. The molecule has 2 aromatic rings. The minimum absolute atomic E-state index is 0.0297. The van der Waals surface area contributed by atoms with Gasteiger partial charge in [0.1, 0.15) is 11.4 Å². The molecule has 0 radical (unpaired) electrons. The third kappa shape index (κ3) is 4.89. The van der Waals surface area contributed by atoms with Gasteiger partial charge < -0.3 is 24.3 Å². The summed E-state index contributed by atoms with van der Waals surface area (Å²) in [6.07, 6.45) is 0.686. The van der Waals surface area contributed by atoms with E-state index in [2.05, 4.69) is 5.32 Å². The highest BCUT2D eigenvalue weighted by Gasteiger charge is 2.38. The lowest BCUT2D eigenvalue weighted by Gasteiger charge is -2.16. The lowest BCUT2D eigenvalue weighted by atomic mass is 10.0. The van der Waals surface area contributed by atoms with Crippen molar-refractivity contribution in [1.29, 1.82) is 0 Å². The van der Waals surface area contributed by atoms with E-state index in [1.165, 1.54) is 26.2 Å². The number of amides is 2. The zero-order valence-corrected chi connectivity index (χ0v) is 19.9. The number of hydrogen-bond acceptors (Lipinski definition) is 7. The van der Waals surface area contributed by atoms with E-state index in [1.807, 2.05) is 20.8 Å². The first-order chi connectivity index (χ1) is 15.8. The molecule has 8 nitrogen and oxygen atoms in total. The highest BCUT2D eigenvalue weighted by molar-refractivity contribution is 6.36. The summed E-state index contributed by atoms with van der Waals surface area (Å²) < 4.78 is 21.9. The number of benzene rings is 2. The maximum absolute atomic E-state index is 13.2. The van der Waals surface area contributed by atoms with Crippen molar-refractivity contribution in [2.24, 2.45) is 0 Å². The highest BCUT2D eigenvalue weighted by Crippen LogP contribution is 2.41. The molecule has 8 heteroatoms. The lowest BCUT2D eigenvalue weighted by Crippen LogP contribution is -2.33. The maximum atomic E-state index is 13.2. The highest BCUT2D eigenvalue weighted by atomic mass is 16.5. The zero-order valence-electron chi connectivity index (χ0n) is 19.9. The minimum atomic E-state index is -0.381. The van der Waals surface area contributed by atoms with Crippen LogP contribution in [-0.4, -0.2) is 50.7 Å². The summed E-state index contributed by atoms with van der Waals surface area (Å²) in [5, 5.41) is 3.13. The molecule has 1 aliphatic rings. The molecule has 1 aliphatic heterocycles. The molecule has 1 heterocycles. The molecule has 33 heavy (non-hydrogen) atoms. The normalized spacial score (nSPS) is 13.6. The van der Waals surface area contributed by atoms with Crippen molar-refractivity contribution in [1.82, 2.24) is 4.90 Å². The predicted molar refractivity (Wildman–Crippen MR) is 126 cm³/mol. The van der Waals surface area contributed by atoms with Crippen LogP contribution in [0.1, 0.15) is 32.8 Å². The lowest BCUT2D eigenvalue weighted by molar-refractivity contribution is -0.136. The van der Waals surface area contributed by atoms with E-state index in [0.29, 0.717) is 52.8 Å². The Kier molecular flexibility index (Phi) is 7.48. The van der Waals surface area contributed by atoms with E-state index in [-0.39, 0.29) is 23.6 Å². The summed E-state index contributed by atoms with van der Waals surface area (Å²) in [7, 11) is 4.54. The molecular formula is C25H30N2O6. The van der Waals surface area contributed by atoms with E-state index >= 15 is 0 Å². The number of rotatable bonds is 10. The average molecular weight is 455 g/mol. The van der Waals surface area contributed by atoms with Crippen LogP contribution in [0.15, 0.2) is 42.1 Å². The largest absolute Gasteiger partial charge is 0.493 e. The number of hydrogen-bond donors (Lipinski definition) is 1. The minimum Gasteiger partial charge on any atom is -0.493 e. The zero-order chi connectivity index (χ0) is 24.1. The van der Waals surface area contributed by atoms with Crippen molar-refractivity contribution >= 4 is 23.1 Å². The topological polar surface area (TPSA) is 86.3 Å². The van der Waals surface area contributed by atoms with E-state index in [1.54, 1.807) is 36.4 Å². The molecule has 0 saturated heterocycles. The molecule has 0 bridgehead atoms. The second kappa shape index (κ2) is 10.3. The molecule has 0 unspecified atom stereocenters. The van der Waals surface area contributed by atoms with Gasteiger partial charge in [0.2, 0.25) is 5.75 Å². The Morgan fingerprint density at radius 3 is 2.00 bits per heavy atom. The number of imide groups is 1. The molecule has 0 spiro atoms. The van der Waals surface area contributed by atoms with Crippen molar-refractivity contribution in [2.75, 3.05) is 33.2 Å². The van der Waals surface area contributed by atoms with Crippen molar-refractivity contribution in [3.63, 3.8) is 0 Å². The van der Waals surface area contributed by atoms with Crippen LogP contribution in [-0.2, 0) is 9.59 Å². The van der Waals surface area contributed by atoms with Crippen molar-refractivity contribution in [2.45, 2.75) is 33.3 Å². The summed E-state index contributed by atoms with van der Waals surface area (Å²) in [5.74, 6) is 1.26. The quantitative estimate of drug-likeness (QED) is 0.541. The number of carbonyl (C=O) groups excluding carboxylic acids is 2. The molecule has 176 valence electrons. The van der Waals surface area contributed by atoms with Crippen molar-refractivity contribution in [3.8, 4) is 23.0 Å². The summed E-state index contributed by atoms with van der Waals surface area (Å²) in [6.45, 7) is 6.13. The van der Waals surface area contributed by atoms with Crippen LogP contribution in [0, 0.1) is 0 Å². The van der Waals surface area contributed by atoms with Crippen molar-refractivity contribution in [3.05, 3.63) is 47.7 Å². The Labute approximate surface area is 194 Å². The Hall–Kier alpha value is -3.68. The van der Waals surface area contributed by atoms with Gasteiger partial charge in [-0.1, -0.05) is 19.1 Å². The van der Waals surface area contributed by atoms with E-state index in [4.69, 9.17) is 18.9 Å². The van der Waals surface area contributed by atoms with Gasteiger partial charge in [0, 0.05) is 24.4 Å². The molecular weight excluding hydrogens is 424 g/mol. The maximum Gasteiger partial charge on any atom is 0.278 e. The summed E-state index contributed by atoms with van der Waals surface area (Å²) in [5.41, 5.74) is 1.65. The van der Waals surface area contributed by atoms with Gasteiger partial charge in [0.25, 0.3) is 11.8 Å². The number of carbonyl (C=O) groups is 2. The van der Waals surface area contributed by atoms with Crippen LogP contribution in [0.5, 0.6) is 23.0 Å². The van der Waals surface area contributed by atoms with Crippen LogP contribution >= 0.6 is 0 Å². The summed E-state index contributed by atoms with van der Waals surface area (Å²) >= 11 is 0. The fourth-order valence-corrected chi connectivity index (χ4v) is 3.66. The molecule has 3 rings (SSSR count). The van der Waals surface area contributed by atoms with Crippen molar-refractivity contribution < 1.29 is 28.5 Å². The fraction of sp³-hybridized carbons (Fsp3) is 0.360. The van der Waals surface area contributed by atoms with Gasteiger partial charge in [-0.15, -0.1) is 0 Å². The number of ether oxygens (including phenoxy) is 4. The van der Waals surface area contributed by atoms with Crippen LogP contribution in [0.25, 0.3) is 5.57 Å². The van der Waals surface area contributed by atoms with E-state index < -0.39 is 0 Å². The molecule has 0 aliphatic carbocycles. The third-order valence-electron chi connectivity index (χ3n) is 5.06. The molecule has 1 N–H and O–H groups in total. The predicted octanol–water partition coefficient (Wildman–Crippen LogP) is 4.10. The first-order valence-electron chi connectivity index (χ1n) is 10.8. The molecule has 0 saturated carbocycles. The second-order valence-electron chi connectivity index (χ2n) is 7.74. The number of methoxy groups -OCH3 is 3. The Balaban J connectivity index is 2.07. The SMILES string of the molecule is CCCN1C(=O)C(Nc2cc(OC)c(OC)c(OC)c2)=C(c2ccc(OC(C)C)cc2)C1=O. The molecule has 0 atom stereocenters. The van der Waals surface area contributed by atoms with Gasteiger partial charge in [-0.05, 0) is 38.0 Å². The van der Waals surface area contributed by atoms with Gasteiger partial charge in [-0.2, -0.15) is 0 Å². The number of nitrogens with zero attached hydrogens (tertiary/aromatic N) is 1. The molecule has 2 aromatic carbocycles. The number of nitrogens with one attached hydrogen (secondary N) is 1. The van der Waals surface area contributed by atoms with Gasteiger partial charge in [-0.25, -0.2) is 0 Å². The summed E-state index contributed by atoms with van der Waals surface area (Å²) in [4.78, 5) is 27.7. The Bertz CT molecular complexity index is 1030. The molecule has 2 amide bonds. The van der Waals surface area contributed by atoms with Crippen LogP contribution in [0.4, 0.5) is 5.69 Å². The molecule has 0 aromatic heterocycles. The summed E-state index contributed by atoms with van der Waals surface area (Å²) in [6, 6.07) is 10.5. The van der Waals surface area contributed by atoms with E-state index in [0.717, 1.165) is 0 Å². The first kappa shape index (κ1) is 24.0. The fourth-order valence-electron chi connectivity index (χ4n) is 3.66.